The first kappa shape index (κ1) is 23.6. The summed E-state index contributed by atoms with van der Waals surface area (Å²) in [5.74, 6) is 1.27. The molecule has 0 amide bonds. The average Bonchev–Trinajstić information content (AvgIpc) is 3.41. The molecular formula is C27H25N5O3S. The second-order valence-electron chi connectivity index (χ2n) is 9.01. The number of fused-ring (bicyclic) bond motifs is 1. The first-order valence-corrected chi connectivity index (χ1v) is 12.4. The van der Waals surface area contributed by atoms with Crippen LogP contribution >= 0.6 is 11.3 Å². The third-order valence-corrected chi connectivity index (χ3v) is 6.57. The highest BCUT2D eigenvalue weighted by Gasteiger charge is 2.15. The fourth-order valence-electron chi connectivity index (χ4n) is 3.77. The fraction of sp³-hybridized carbons (Fsp3) is 0.222. The topological polar surface area (TPSA) is 91.4 Å². The predicted octanol–water partition coefficient (Wildman–Crippen LogP) is 3.56. The van der Waals surface area contributed by atoms with Crippen molar-refractivity contribution < 1.29 is 4.74 Å². The molecule has 0 saturated heterocycles. The Morgan fingerprint density at radius 3 is 2.56 bits per heavy atom. The Labute approximate surface area is 211 Å². The van der Waals surface area contributed by atoms with E-state index in [-0.39, 0.29) is 16.2 Å². The highest BCUT2D eigenvalue weighted by molar-refractivity contribution is 7.15. The monoisotopic (exact) mass is 499 g/mol. The molecule has 0 atom stereocenters. The van der Waals surface area contributed by atoms with E-state index < -0.39 is 5.56 Å². The van der Waals surface area contributed by atoms with Gasteiger partial charge in [-0.15, -0.1) is 0 Å². The van der Waals surface area contributed by atoms with Crippen LogP contribution in [-0.2, 0) is 0 Å². The summed E-state index contributed by atoms with van der Waals surface area (Å²) >= 11 is 1.13. The smallest absolute Gasteiger partial charge is 0.295 e. The van der Waals surface area contributed by atoms with E-state index in [1.165, 1.54) is 4.52 Å². The summed E-state index contributed by atoms with van der Waals surface area (Å²) in [6.07, 6.45) is 3.67. The van der Waals surface area contributed by atoms with E-state index >= 15 is 0 Å². The summed E-state index contributed by atoms with van der Waals surface area (Å²) in [5, 5.41) is 8.97. The van der Waals surface area contributed by atoms with Crippen LogP contribution in [0.25, 0.3) is 28.0 Å². The second kappa shape index (κ2) is 9.50. The molecule has 8 nitrogen and oxygen atoms in total. The molecule has 182 valence electrons. The molecule has 5 aromatic rings. The molecule has 0 spiro atoms. The molecule has 0 unspecified atom stereocenters. The number of aromatic nitrogens is 5. The number of thiazole rings is 1. The summed E-state index contributed by atoms with van der Waals surface area (Å²) in [6, 6.07) is 15.8. The summed E-state index contributed by atoms with van der Waals surface area (Å²) in [4.78, 5) is 29.2. The van der Waals surface area contributed by atoms with Crippen LogP contribution in [0.5, 0.6) is 5.75 Å². The lowest BCUT2D eigenvalue weighted by Gasteiger charge is -2.12. The van der Waals surface area contributed by atoms with Gasteiger partial charge in [-0.1, -0.05) is 43.4 Å². The van der Waals surface area contributed by atoms with Gasteiger partial charge in [-0.3, -0.25) is 9.59 Å². The molecule has 0 bridgehead atoms. The first-order chi connectivity index (χ1) is 17.3. The zero-order valence-corrected chi connectivity index (χ0v) is 21.2. The average molecular weight is 500 g/mol. The lowest BCUT2D eigenvalue weighted by Crippen LogP contribution is -2.27. The van der Waals surface area contributed by atoms with Gasteiger partial charge in [0.2, 0.25) is 4.96 Å². The lowest BCUT2D eigenvalue weighted by molar-refractivity contribution is 0.269. The zero-order chi connectivity index (χ0) is 25.4. The minimum absolute atomic E-state index is 0.182. The third kappa shape index (κ3) is 4.57. The van der Waals surface area contributed by atoms with E-state index in [0.717, 1.165) is 45.2 Å². The van der Waals surface area contributed by atoms with E-state index in [1.807, 2.05) is 61.7 Å². The predicted molar refractivity (Wildman–Crippen MR) is 141 cm³/mol. The molecule has 2 aromatic carbocycles. The summed E-state index contributed by atoms with van der Waals surface area (Å²) < 4.78 is 9.33. The van der Waals surface area contributed by atoms with Crippen LogP contribution < -0.4 is 20.4 Å². The van der Waals surface area contributed by atoms with E-state index in [0.29, 0.717) is 17.1 Å². The molecule has 0 aliphatic rings. The molecule has 3 aromatic heterocycles. The fourth-order valence-corrected chi connectivity index (χ4v) is 4.67. The number of nitrogens with zero attached hydrogens (tertiary/aromatic N) is 5. The highest BCUT2D eigenvalue weighted by Crippen LogP contribution is 2.29. The minimum Gasteiger partial charge on any atom is -0.493 e. The van der Waals surface area contributed by atoms with E-state index in [2.05, 4.69) is 23.9 Å². The Balaban J connectivity index is 1.67. The van der Waals surface area contributed by atoms with Crippen molar-refractivity contribution in [3.63, 3.8) is 0 Å². The molecule has 0 aliphatic heterocycles. The molecule has 0 radical (unpaired) electrons. The second-order valence-corrected chi connectivity index (χ2v) is 10.0. The number of aryl methyl sites for hydroxylation is 2. The summed E-state index contributed by atoms with van der Waals surface area (Å²) in [5.41, 5.74) is 3.71. The molecule has 0 N–H and O–H groups in total. The lowest BCUT2D eigenvalue weighted by atomic mass is 10.0. The minimum atomic E-state index is -0.435. The molecule has 0 saturated carbocycles. The standard InChI is InChI=1S/C27H25N5O3S/c1-16(2)15-35-22-11-10-19(12-17(22)3)24-20(14-31(30-24)21-8-6-5-7-9-21)13-23-26(34)32-27(36-23)28-25(33)18(4)29-32/h5-14,16H,15H2,1-4H3. The number of ether oxygens (including phenoxy) is 1. The van der Waals surface area contributed by atoms with Crippen LogP contribution in [0.3, 0.4) is 0 Å². The van der Waals surface area contributed by atoms with Crippen LogP contribution in [0.1, 0.15) is 30.7 Å². The van der Waals surface area contributed by atoms with Crippen LogP contribution in [0.2, 0.25) is 0 Å². The van der Waals surface area contributed by atoms with Crippen LogP contribution in [0, 0.1) is 19.8 Å². The molecule has 36 heavy (non-hydrogen) atoms. The van der Waals surface area contributed by atoms with Crippen molar-refractivity contribution in [3.8, 4) is 22.7 Å². The molecule has 0 aliphatic carbocycles. The number of benzene rings is 2. The quantitative estimate of drug-likeness (QED) is 0.355. The number of hydrogen-bond acceptors (Lipinski definition) is 7. The first-order valence-electron chi connectivity index (χ1n) is 11.6. The van der Waals surface area contributed by atoms with Gasteiger partial charge in [-0.25, -0.2) is 4.68 Å². The largest absolute Gasteiger partial charge is 0.493 e. The van der Waals surface area contributed by atoms with Crippen molar-refractivity contribution >= 4 is 22.4 Å². The Morgan fingerprint density at radius 1 is 1.06 bits per heavy atom. The van der Waals surface area contributed by atoms with E-state index in [9.17, 15) is 9.59 Å². The number of para-hydroxylation sites is 1. The molecule has 5 rings (SSSR count). The summed E-state index contributed by atoms with van der Waals surface area (Å²) in [7, 11) is 0. The third-order valence-electron chi connectivity index (χ3n) is 5.61. The Kier molecular flexibility index (Phi) is 6.24. The highest BCUT2D eigenvalue weighted by atomic mass is 32.1. The van der Waals surface area contributed by atoms with Gasteiger partial charge in [0.1, 0.15) is 17.1 Å². The maximum Gasteiger partial charge on any atom is 0.295 e. The van der Waals surface area contributed by atoms with Crippen molar-refractivity contribution in [3.05, 3.63) is 96.8 Å². The molecule has 3 heterocycles. The molecule has 0 fully saturated rings. The maximum atomic E-state index is 13.0. The van der Waals surface area contributed by atoms with Gasteiger partial charge >= 0.3 is 0 Å². The molecular weight excluding hydrogens is 474 g/mol. The number of hydrogen-bond donors (Lipinski definition) is 0. The van der Waals surface area contributed by atoms with E-state index in [1.54, 1.807) is 17.7 Å². The van der Waals surface area contributed by atoms with Crippen LogP contribution in [0.4, 0.5) is 0 Å². The zero-order valence-electron chi connectivity index (χ0n) is 20.4. The van der Waals surface area contributed by atoms with Gasteiger partial charge in [0, 0.05) is 17.3 Å². The molecule has 9 heteroatoms. The van der Waals surface area contributed by atoms with Crippen molar-refractivity contribution in [2.24, 2.45) is 5.92 Å². The van der Waals surface area contributed by atoms with Crippen molar-refractivity contribution in [2.45, 2.75) is 27.7 Å². The summed E-state index contributed by atoms with van der Waals surface area (Å²) in [6.45, 7) is 8.42. The SMILES string of the molecule is Cc1cc(-c2nn(-c3ccccc3)cc2C=c2sc3nc(=O)c(C)nn3c2=O)ccc1OCC(C)C. The normalized spacial score (nSPS) is 12.1. The van der Waals surface area contributed by atoms with Gasteiger partial charge in [-0.05, 0) is 61.7 Å². The van der Waals surface area contributed by atoms with Crippen molar-refractivity contribution in [1.82, 2.24) is 24.4 Å². The Morgan fingerprint density at radius 2 is 1.83 bits per heavy atom. The van der Waals surface area contributed by atoms with Gasteiger partial charge in [0.15, 0.2) is 0 Å². The van der Waals surface area contributed by atoms with Crippen molar-refractivity contribution in [1.29, 1.82) is 0 Å². The number of rotatable bonds is 6. The van der Waals surface area contributed by atoms with E-state index in [4.69, 9.17) is 9.84 Å². The maximum absolute atomic E-state index is 13.0. The van der Waals surface area contributed by atoms with Crippen LogP contribution in [0.15, 0.2) is 64.3 Å². The van der Waals surface area contributed by atoms with Gasteiger partial charge in [-0.2, -0.15) is 19.7 Å². The van der Waals surface area contributed by atoms with Gasteiger partial charge in [0.25, 0.3) is 11.1 Å². The van der Waals surface area contributed by atoms with Gasteiger partial charge < -0.3 is 4.74 Å². The van der Waals surface area contributed by atoms with Crippen LogP contribution in [-0.4, -0.2) is 31.0 Å². The van der Waals surface area contributed by atoms with Gasteiger partial charge in [0.05, 0.1) is 16.8 Å². The Bertz CT molecular complexity index is 1740. The van der Waals surface area contributed by atoms with Crippen molar-refractivity contribution in [2.75, 3.05) is 6.61 Å². The Hall–Kier alpha value is -4.11.